The molecule has 2 aromatic carbocycles. The number of benzene rings is 2. The van der Waals surface area contributed by atoms with E-state index in [9.17, 15) is 9.18 Å². The van der Waals surface area contributed by atoms with Crippen LogP contribution in [0.4, 0.5) is 4.39 Å². The van der Waals surface area contributed by atoms with Gasteiger partial charge in [-0.25, -0.2) is 4.39 Å². The summed E-state index contributed by atoms with van der Waals surface area (Å²) in [4.78, 5) is 14.8. The average Bonchev–Trinajstić information content (AvgIpc) is 2.67. The quantitative estimate of drug-likeness (QED) is 0.846. The van der Waals surface area contributed by atoms with E-state index in [1.165, 1.54) is 12.1 Å². The molecule has 1 N–H and O–H groups in total. The van der Waals surface area contributed by atoms with E-state index in [1.807, 2.05) is 24.3 Å². The summed E-state index contributed by atoms with van der Waals surface area (Å²) in [6, 6.07) is 13.4. The molecule has 0 bridgehead atoms. The summed E-state index contributed by atoms with van der Waals surface area (Å²) < 4.78 is 24.5. The molecule has 3 rings (SSSR count). The minimum atomic E-state index is -0.716. The summed E-state index contributed by atoms with van der Waals surface area (Å²) in [6.07, 6.45) is -0.716. The molecule has 1 amide bonds. The predicted molar refractivity (Wildman–Crippen MR) is 104 cm³/mol. The van der Waals surface area contributed by atoms with Crippen LogP contribution in [0.5, 0.6) is 11.5 Å². The van der Waals surface area contributed by atoms with E-state index < -0.39 is 11.9 Å². The summed E-state index contributed by atoms with van der Waals surface area (Å²) in [7, 11) is 1.62. The molecule has 1 heterocycles. The minimum Gasteiger partial charge on any atom is -0.496 e. The molecule has 7 heteroatoms. The number of carbonyl (C=O) groups excluding carboxylic acids is 1. The summed E-state index contributed by atoms with van der Waals surface area (Å²) in [5.41, 5.74) is 0.952. The SMILES string of the molecule is COc1ccccc1C1CNCCN1C(=O)C(C)Oc1cccc(F)c1.Cl. The van der Waals surface area contributed by atoms with E-state index in [2.05, 4.69) is 5.32 Å². The summed E-state index contributed by atoms with van der Waals surface area (Å²) in [6.45, 7) is 3.61. The van der Waals surface area contributed by atoms with Gasteiger partial charge in [-0.1, -0.05) is 24.3 Å². The number of carbonyl (C=O) groups is 1. The van der Waals surface area contributed by atoms with Gasteiger partial charge in [0.1, 0.15) is 17.3 Å². The van der Waals surface area contributed by atoms with Gasteiger partial charge in [0, 0.05) is 31.3 Å². The van der Waals surface area contributed by atoms with Crippen molar-refractivity contribution in [3.8, 4) is 11.5 Å². The van der Waals surface area contributed by atoms with Gasteiger partial charge in [-0.2, -0.15) is 0 Å². The highest BCUT2D eigenvalue weighted by Crippen LogP contribution is 2.30. The Morgan fingerprint density at radius 2 is 2.04 bits per heavy atom. The molecule has 27 heavy (non-hydrogen) atoms. The first-order chi connectivity index (χ1) is 12.6. The Morgan fingerprint density at radius 3 is 2.78 bits per heavy atom. The molecule has 146 valence electrons. The van der Waals surface area contributed by atoms with Gasteiger partial charge in [-0.15, -0.1) is 12.4 Å². The number of rotatable bonds is 5. The first-order valence-electron chi connectivity index (χ1n) is 8.66. The Bertz CT molecular complexity index is 774. The summed E-state index contributed by atoms with van der Waals surface area (Å²) in [5, 5.41) is 3.33. The molecule has 0 aliphatic carbocycles. The third-order valence-corrected chi connectivity index (χ3v) is 4.48. The van der Waals surface area contributed by atoms with Crippen LogP contribution in [0.15, 0.2) is 48.5 Å². The lowest BCUT2D eigenvalue weighted by molar-refractivity contribution is -0.141. The number of para-hydroxylation sites is 1. The van der Waals surface area contributed by atoms with E-state index in [0.717, 1.165) is 11.3 Å². The van der Waals surface area contributed by atoms with E-state index in [-0.39, 0.29) is 24.4 Å². The van der Waals surface area contributed by atoms with Crippen LogP contribution in [0.2, 0.25) is 0 Å². The zero-order valence-corrected chi connectivity index (χ0v) is 16.2. The minimum absolute atomic E-state index is 0. The van der Waals surface area contributed by atoms with Crippen LogP contribution >= 0.6 is 12.4 Å². The van der Waals surface area contributed by atoms with Gasteiger partial charge in [-0.3, -0.25) is 4.79 Å². The van der Waals surface area contributed by atoms with E-state index >= 15 is 0 Å². The van der Waals surface area contributed by atoms with Gasteiger partial charge in [0.15, 0.2) is 6.10 Å². The van der Waals surface area contributed by atoms with Gasteiger partial charge in [-0.05, 0) is 25.1 Å². The molecule has 5 nitrogen and oxygen atoms in total. The number of amides is 1. The second-order valence-electron chi connectivity index (χ2n) is 6.21. The fourth-order valence-electron chi connectivity index (χ4n) is 3.22. The number of nitrogens with zero attached hydrogens (tertiary/aromatic N) is 1. The van der Waals surface area contributed by atoms with E-state index in [0.29, 0.717) is 25.4 Å². The fourth-order valence-corrected chi connectivity index (χ4v) is 3.22. The number of methoxy groups -OCH3 is 1. The Hall–Kier alpha value is -2.31. The van der Waals surface area contributed by atoms with Crippen molar-refractivity contribution >= 4 is 18.3 Å². The van der Waals surface area contributed by atoms with E-state index in [4.69, 9.17) is 9.47 Å². The normalized spacial score (nSPS) is 17.6. The summed E-state index contributed by atoms with van der Waals surface area (Å²) >= 11 is 0. The number of nitrogens with one attached hydrogen (secondary N) is 1. The van der Waals surface area contributed by atoms with Crippen molar-refractivity contribution in [3.05, 3.63) is 59.9 Å². The first kappa shape index (κ1) is 21.0. The first-order valence-corrected chi connectivity index (χ1v) is 8.66. The van der Waals surface area contributed by atoms with Gasteiger partial charge >= 0.3 is 0 Å². The maximum absolute atomic E-state index is 13.3. The van der Waals surface area contributed by atoms with Crippen LogP contribution in [0.1, 0.15) is 18.5 Å². The Balaban J connectivity index is 0.00000261. The molecule has 1 aliphatic rings. The Kier molecular flexibility index (Phi) is 7.45. The molecule has 0 aromatic heterocycles. The lowest BCUT2D eigenvalue weighted by atomic mass is 10.0. The fraction of sp³-hybridized carbons (Fsp3) is 0.350. The molecule has 1 fully saturated rings. The molecule has 0 spiro atoms. The highest BCUT2D eigenvalue weighted by molar-refractivity contribution is 5.85. The molecule has 2 unspecified atom stereocenters. The van der Waals surface area contributed by atoms with Gasteiger partial charge in [0.2, 0.25) is 0 Å². The number of ether oxygens (including phenoxy) is 2. The zero-order valence-electron chi connectivity index (χ0n) is 15.4. The lowest BCUT2D eigenvalue weighted by Crippen LogP contribution is -2.52. The predicted octanol–water partition coefficient (Wildman–Crippen LogP) is 3.20. The highest BCUT2D eigenvalue weighted by atomic mass is 35.5. The van der Waals surface area contributed by atoms with Crippen LogP contribution in [0.25, 0.3) is 0 Å². The monoisotopic (exact) mass is 394 g/mol. The molecule has 1 saturated heterocycles. The number of piperazine rings is 1. The van der Waals surface area contributed by atoms with Crippen molar-refractivity contribution in [1.29, 1.82) is 0 Å². The van der Waals surface area contributed by atoms with E-state index in [1.54, 1.807) is 31.1 Å². The molecule has 0 radical (unpaired) electrons. The van der Waals surface area contributed by atoms with Gasteiger partial charge < -0.3 is 19.7 Å². The molecule has 2 atom stereocenters. The maximum atomic E-state index is 13.3. The summed E-state index contributed by atoms with van der Waals surface area (Å²) in [5.74, 6) is 0.565. The van der Waals surface area contributed by atoms with Gasteiger partial charge in [0.25, 0.3) is 5.91 Å². The Labute approximate surface area is 164 Å². The molecular weight excluding hydrogens is 371 g/mol. The lowest BCUT2D eigenvalue weighted by Gasteiger charge is -2.38. The standard InChI is InChI=1S/C20H23FN2O3.ClH/c1-14(26-16-7-5-6-15(21)12-16)20(24)23-11-10-22-13-18(23)17-8-3-4-9-19(17)25-2;/h3-9,12,14,18,22H,10-11,13H2,1-2H3;1H. The second kappa shape index (κ2) is 9.58. The largest absolute Gasteiger partial charge is 0.496 e. The van der Waals surface area contributed by atoms with Crippen molar-refractivity contribution in [2.24, 2.45) is 0 Å². The number of hydrogen-bond donors (Lipinski definition) is 1. The van der Waals surface area contributed by atoms with Gasteiger partial charge in [0.05, 0.1) is 13.2 Å². The molecule has 0 saturated carbocycles. The molecule has 1 aliphatic heterocycles. The van der Waals surface area contributed by atoms with Crippen LogP contribution in [0, 0.1) is 5.82 Å². The molecular formula is C20H24ClFN2O3. The van der Waals surface area contributed by atoms with Crippen LogP contribution in [-0.4, -0.2) is 43.7 Å². The Morgan fingerprint density at radius 1 is 1.26 bits per heavy atom. The zero-order chi connectivity index (χ0) is 18.5. The van der Waals surface area contributed by atoms with Crippen LogP contribution in [-0.2, 0) is 4.79 Å². The topological polar surface area (TPSA) is 50.8 Å². The van der Waals surface area contributed by atoms with Crippen molar-refractivity contribution in [3.63, 3.8) is 0 Å². The number of halogens is 2. The smallest absolute Gasteiger partial charge is 0.263 e. The third-order valence-electron chi connectivity index (χ3n) is 4.48. The molecule has 2 aromatic rings. The van der Waals surface area contributed by atoms with Crippen molar-refractivity contribution < 1.29 is 18.7 Å². The van der Waals surface area contributed by atoms with Crippen molar-refractivity contribution in [2.45, 2.75) is 19.1 Å². The second-order valence-corrected chi connectivity index (χ2v) is 6.21. The maximum Gasteiger partial charge on any atom is 0.263 e. The number of hydrogen-bond acceptors (Lipinski definition) is 4. The van der Waals surface area contributed by atoms with Crippen molar-refractivity contribution in [2.75, 3.05) is 26.7 Å². The highest BCUT2D eigenvalue weighted by Gasteiger charge is 2.33. The van der Waals surface area contributed by atoms with Crippen LogP contribution < -0.4 is 14.8 Å². The average molecular weight is 395 g/mol. The van der Waals surface area contributed by atoms with Crippen molar-refractivity contribution in [1.82, 2.24) is 10.2 Å². The third kappa shape index (κ3) is 4.90. The van der Waals surface area contributed by atoms with Crippen LogP contribution in [0.3, 0.4) is 0 Å².